The summed E-state index contributed by atoms with van der Waals surface area (Å²) in [5.41, 5.74) is 4.00. The van der Waals surface area contributed by atoms with Crippen molar-refractivity contribution >= 4 is 79.2 Å². The highest BCUT2D eigenvalue weighted by atomic mass is 32.1. The molecule has 8 nitrogen and oxygen atoms in total. The fraction of sp³-hybridized carbons (Fsp3) is 0.294. The number of rotatable bonds is 2. The summed E-state index contributed by atoms with van der Waals surface area (Å²) in [6.07, 6.45) is 9.07. The van der Waals surface area contributed by atoms with Crippen LogP contribution >= 0.6 is 34.0 Å². The molecule has 3 aromatic heterocycles. The zero-order valence-corrected chi connectivity index (χ0v) is 27.4. The van der Waals surface area contributed by atoms with E-state index in [1.54, 1.807) is 53.9 Å². The van der Waals surface area contributed by atoms with Crippen LogP contribution in [0.15, 0.2) is 45.6 Å². The summed E-state index contributed by atoms with van der Waals surface area (Å²) in [6.45, 7) is 3.31. The lowest BCUT2D eigenvalue weighted by atomic mass is 9.68. The molecule has 0 aromatic carbocycles. The number of amides is 4. The summed E-state index contributed by atoms with van der Waals surface area (Å²) in [4.78, 5) is 57.3. The standard InChI is InChI=1S/C34H26N4O4S3/c1-16-20(30(39)37(3)32(41)22(16)14-35)10-18-12-24-27(43-18)29-26(34(24)8-6-5-7-9-34)28-25(45-29)13-19(44-28)11-21-17(2)23(15-36)33(42)38(4)31(21)40/h10-13H,5-9H2,1-4H3/b20-10+,21-11+. The molecule has 2 aliphatic heterocycles. The molecule has 1 fully saturated rings. The summed E-state index contributed by atoms with van der Waals surface area (Å²) >= 11 is 5.02. The normalized spacial score (nSPS) is 21.5. The SMILES string of the molecule is CC1=C(C#N)C(=O)N(C)C(=O)/C1=C/c1cc2c(s1)-c1sc3cc(/C=C4/C(=O)N(C)C(=O)C(C#N)=C4C)sc3c1C21CCCCC1. The van der Waals surface area contributed by atoms with Crippen LogP contribution in [-0.4, -0.2) is 47.5 Å². The van der Waals surface area contributed by atoms with Gasteiger partial charge in [-0.25, -0.2) is 0 Å². The van der Waals surface area contributed by atoms with Gasteiger partial charge in [-0.1, -0.05) is 19.3 Å². The lowest BCUT2D eigenvalue weighted by Gasteiger charge is -2.35. The van der Waals surface area contributed by atoms with Gasteiger partial charge in [0.15, 0.2) is 0 Å². The molecule has 11 heteroatoms. The second-order valence-electron chi connectivity index (χ2n) is 11.9. The van der Waals surface area contributed by atoms with Crippen LogP contribution in [0.3, 0.4) is 0 Å². The quantitative estimate of drug-likeness (QED) is 0.225. The number of imide groups is 2. The molecule has 0 N–H and O–H groups in total. The van der Waals surface area contributed by atoms with Gasteiger partial charge in [-0.3, -0.25) is 29.0 Å². The molecule has 0 bridgehead atoms. The molecule has 224 valence electrons. The van der Waals surface area contributed by atoms with Crippen LogP contribution in [-0.2, 0) is 24.6 Å². The lowest BCUT2D eigenvalue weighted by molar-refractivity contribution is -0.140. The van der Waals surface area contributed by atoms with E-state index in [1.807, 2.05) is 18.2 Å². The predicted molar refractivity (Wildman–Crippen MR) is 175 cm³/mol. The average Bonchev–Trinajstić information content (AvgIpc) is 3.76. The number of carbonyl (C=O) groups excluding carboxylic acids is 4. The van der Waals surface area contributed by atoms with Gasteiger partial charge in [0.05, 0.1) is 9.58 Å². The van der Waals surface area contributed by atoms with E-state index in [9.17, 15) is 29.7 Å². The number of hydrogen-bond acceptors (Lipinski definition) is 9. The fourth-order valence-electron chi connectivity index (χ4n) is 7.07. The maximum atomic E-state index is 13.1. The van der Waals surface area contributed by atoms with E-state index in [4.69, 9.17) is 0 Å². The third-order valence-corrected chi connectivity index (χ3v) is 13.1. The Hall–Kier alpha value is -4.42. The third kappa shape index (κ3) is 4.04. The number of nitriles is 2. The lowest BCUT2D eigenvalue weighted by Crippen LogP contribution is -2.39. The largest absolute Gasteiger partial charge is 0.277 e. The molecule has 4 aliphatic rings. The molecule has 7 rings (SSSR count). The van der Waals surface area contributed by atoms with Crippen molar-refractivity contribution in [1.29, 1.82) is 10.5 Å². The van der Waals surface area contributed by atoms with Crippen LogP contribution in [0.4, 0.5) is 0 Å². The van der Waals surface area contributed by atoms with E-state index >= 15 is 0 Å². The van der Waals surface area contributed by atoms with Gasteiger partial charge in [-0.2, -0.15) is 10.5 Å². The topological polar surface area (TPSA) is 122 Å². The van der Waals surface area contributed by atoms with E-state index in [2.05, 4.69) is 12.1 Å². The van der Waals surface area contributed by atoms with Crippen LogP contribution in [0, 0.1) is 22.7 Å². The molecule has 3 aromatic rings. The highest BCUT2D eigenvalue weighted by Gasteiger charge is 2.48. The van der Waals surface area contributed by atoms with Crippen molar-refractivity contribution in [2.75, 3.05) is 14.1 Å². The smallest absolute Gasteiger partial charge is 0.271 e. The average molecular weight is 651 g/mol. The molecule has 5 heterocycles. The van der Waals surface area contributed by atoms with E-state index in [1.165, 1.54) is 46.1 Å². The maximum Gasteiger partial charge on any atom is 0.271 e. The molecule has 45 heavy (non-hydrogen) atoms. The highest BCUT2D eigenvalue weighted by Crippen LogP contribution is 2.63. The summed E-state index contributed by atoms with van der Waals surface area (Å²) in [6, 6.07) is 8.22. The van der Waals surface area contributed by atoms with Gasteiger partial charge >= 0.3 is 0 Å². The fourth-order valence-corrected chi connectivity index (χ4v) is 11.2. The minimum absolute atomic E-state index is 0.00884. The van der Waals surface area contributed by atoms with E-state index in [0.29, 0.717) is 22.3 Å². The summed E-state index contributed by atoms with van der Waals surface area (Å²) < 4.78 is 2.34. The van der Waals surface area contributed by atoms with Gasteiger partial charge in [0.2, 0.25) is 0 Å². The first-order valence-corrected chi connectivity index (χ1v) is 17.0. The molecule has 1 spiro atoms. The van der Waals surface area contributed by atoms with Crippen LogP contribution in [0.25, 0.3) is 31.3 Å². The van der Waals surface area contributed by atoms with Crippen molar-refractivity contribution in [1.82, 2.24) is 9.80 Å². The van der Waals surface area contributed by atoms with E-state index in [0.717, 1.165) is 49.9 Å². The summed E-state index contributed by atoms with van der Waals surface area (Å²) in [5, 5.41) is 19.1. The Bertz CT molecular complexity index is 2150. The first-order chi connectivity index (χ1) is 21.5. The van der Waals surface area contributed by atoms with Gasteiger partial charge in [-0.15, -0.1) is 34.0 Å². The van der Waals surface area contributed by atoms with Crippen LogP contribution in [0.1, 0.15) is 66.8 Å². The number of thiophene rings is 3. The zero-order chi connectivity index (χ0) is 31.9. The van der Waals surface area contributed by atoms with Gasteiger partial charge in [-0.05, 0) is 67.7 Å². The summed E-state index contributed by atoms with van der Waals surface area (Å²) in [5.74, 6) is -1.97. The van der Waals surface area contributed by atoms with Gasteiger partial charge in [0, 0.05) is 55.6 Å². The Morgan fingerprint density at radius 3 is 1.80 bits per heavy atom. The Morgan fingerprint density at radius 2 is 1.27 bits per heavy atom. The van der Waals surface area contributed by atoms with Gasteiger partial charge < -0.3 is 0 Å². The zero-order valence-electron chi connectivity index (χ0n) is 25.0. The Kier molecular flexibility index (Phi) is 6.71. The van der Waals surface area contributed by atoms with Crippen LogP contribution < -0.4 is 0 Å². The number of likely N-dealkylation sites (N-methyl/N-ethyl adjacent to an activating group) is 2. The Labute approximate surface area is 271 Å². The Morgan fingerprint density at radius 1 is 0.733 bits per heavy atom. The molecule has 0 radical (unpaired) electrons. The number of carbonyl (C=O) groups is 4. The maximum absolute atomic E-state index is 13.1. The Balaban J connectivity index is 1.36. The second kappa shape index (κ2) is 10.3. The number of fused-ring (bicyclic) bond motifs is 7. The van der Waals surface area contributed by atoms with E-state index < -0.39 is 23.6 Å². The van der Waals surface area contributed by atoms with Crippen molar-refractivity contribution in [2.45, 2.75) is 51.4 Å². The number of hydrogen-bond donors (Lipinski definition) is 0. The minimum atomic E-state index is -0.576. The van der Waals surface area contributed by atoms with Gasteiger partial charge in [0.25, 0.3) is 23.6 Å². The van der Waals surface area contributed by atoms with Gasteiger partial charge in [0.1, 0.15) is 23.3 Å². The molecule has 0 saturated heterocycles. The molecule has 4 amide bonds. The summed E-state index contributed by atoms with van der Waals surface area (Å²) in [7, 11) is 2.81. The predicted octanol–water partition coefficient (Wildman–Crippen LogP) is 6.70. The number of nitrogens with zero attached hydrogens (tertiary/aromatic N) is 4. The highest BCUT2D eigenvalue weighted by molar-refractivity contribution is 7.32. The second-order valence-corrected chi connectivity index (χ2v) is 15.1. The van der Waals surface area contributed by atoms with Crippen molar-refractivity contribution < 1.29 is 19.2 Å². The minimum Gasteiger partial charge on any atom is -0.277 e. The van der Waals surface area contributed by atoms with Crippen LogP contribution in [0.5, 0.6) is 0 Å². The molecular formula is C34H26N4O4S3. The van der Waals surface area contributed by atoms with E-state index in [-0.39, 0.29) is 16.6 Å². The monoisotopic (exact) mass is 650 g/mol. The first kappa shape index (κ1) is 29.3. The first-order valence-electron chi connectivity index (χ1n) is 14.5. The van der Waals surface area contributed by atoms with Crippen molar-refractivity contribution in [3.8, 4) is 21.9 Å². The molecule has 1 saturated carbocycles. The van der Waals surface area contributed by atoms with Crippen molar-refractivity contribution in [2.24, 2.45) is 0 Å². The van der Waals surface area contributed by atoms with Crippen molar-refractivity contribution in [3.63, 3.8) is 0 Å². The van der Waals surface area contributed by atoms with Crippen LogP contribution in [0.2, 0.25) is 0 Å². The molecular weight excluding hydrogens is 625 g/mol. The molecule has 0 atom stereocenters. The molecule has 0 unspecified atom stereocenters. The third-order valence-electron chi connectivity index (χ3n) is 9.50. The molecule has 2 aliphatic carbocycles. The van der Waals surface area contributed by atoms with Crippen molar-refractivity contribution in [3.05, 3.63) is 66.5 Å².